The summed E-state index contributed by atoms with van der Waals surface area (Å²) >= 11 is 0. The van der Waals surface area contributed by atoms with Crippen molar-refractivity contribution in [3.05, 3.63) is 54.2 Å². The Hall–Kier alpha value is -2.36. The number of carbonyl (C=O) groups is 1. The van der Waals surface area contributed by atoms with Crippen molar-refractivity contribution in [1.82, 2.24) is 4.98 Å². The molecule has 4 heteroatoms. The minimum atomic E-state index is -0.113. The van der Waals surface area contributed by atoms with Crippen molar-refractivity contribution in [3.63, 3.8) is 0 Å². The lowest BCUT2D eigenvalue weighted by atomic mass is 9.86. The molecule has 0 spiro atoms. The van der Waals surface area contributed by atoms with Crippen molar-refractivity contribution in [2.45, 2.75) is 25.9 Å². The van der Waals surface area contributed by atoms with Crippen LogP contribution in [0.2, 0.25) is 0 Å². The zero-order chi connectivity index (χ0) is 14.5. The molecule has 0 radical (unpaired) electrons. The van der Waals surface area contributed by atoms with Gasteiger partial charge in [-0.1, -0.05) is 30.7 Å². The van der Waals surface area contributed by atoms with E-state index in [-0.39, 0.29) is 18.5 Å². The fraction of sp³-hybridized carbons (Fsp3) is 0.294. The lowest BCUT2D eigenvalue weighted by Gasteiger charge is -2.22. The zero-order valence-corrected chi connectivity index (χ0v) is 11.7. The van der Waals surface area contributed by atoms with Gasteiger partial charge in [0.25, 0.3) is 0 Å². The molecule has 21 heavy (non-hydrogen) atoms. The Morgan fingerprint density at radius 1 is 1.10 bits per heavy atom. The molecule has 1 aliphatic carbocycles. The summed E-state index contributed by atoms with van der Waals surface area (Å²) in [6, 6.07) is 14.9. The van der Waals surface area contributed by atoms with Crippen molar-refractivity contribution in [3.8, 4) is 11.6 Å². The van der Waals surface area contributed by atoms with Gasteiger partial charge in [0.05, 0.1) is 11.6 Å². The molecule has 0 unspecified atom stereocenters. The van der Waals surface area contributed by atoms with Gasteiger partial charge in [0.1, 0.15) is 12.4 Å². The highest BCUT2D eigenvalue weighted by atomic mass is 16.5. The van der Waals surface area contributed by atoms with Gasteiger partial charge < -0.3 is 9.47 Å². The summed E-state index contributed by atoms with van der Waals surface area (Å²) in [5.74, 6) is 1.21. The Labute approximate surface area is 123 Å². The van der Waals surface area contributed by atoms with Gasteiger partial charge in [0.2, 0.25) is 5.88 Å². The first-order valence-corrected chi connectivity index (χ1v) is 7.17. The number of ether oxygens (including phenoxy) is 2. The van der Waals surface area contributed by atoms with E-state index >= 15 is 0 Å². The second kappa shape index (κ2) is 6.39. The molecule has 0 atom stereocenters. The summed E-state index contributed by atoms with van der Waals surface area (Å²) < 4.78 is 10.9. The third-order valence-corrected chi connectivity index (χ3v) is 3.55. The predicted molar refractivity (Wildman–Crippen MR) is 77.9 cm³/mol. The number of para-hydroxylation sites is 1. The number of hydrogen-bond acceptors (Lipinski definition) is 4. The number of nitrogens with zero attached hydrogens (tertiary/aromatic N) is 1. The molecule has 0 saturated heterocycles. The third-order valence-electron chi connectivity index (χ3n) is 3.55. The average molecular weight is 283 g/mol. The van der Waals surface area contributed by atoms with E-state index in [2.05, 4.69) is 4.98 Å². The molecule has 1 saturated carbocycles. The fourth-order valence-corrected chi connectivity index (χ4v) is 2.11. The van der Waals surface area contributed by atoms with Crippen molar-refractivity contribution in [1.29, 1.82) is 0 Å². The summed E-state index contributed by atoms with van der Waals surface area (Å²) in [5.41, 5.74) is 0.691. The highest BCUT2D eigenvalue weighted by Crippen LogP contribution is 2.27. The Bertz CT molecular complexity index is 608. The van der Waals surface area contributed by atoms with Gasteiger partial charge in [-0.15, -0.1) is 0 Å². The first-order valence-electron chi connectivity index (χ1n) is 7.17. The van der Waals surface area contributed by atoms with E-state index in [1.165, 1.54) is 0 Å². The largest absolute Gasteiger partial charge is 0.459 e. The molecular formula is C17H17NO3. The summed E-state index contributed by atoms with van der Waals surface area (Å²) in [6.45, 7) is 0.196. The van der Waals surface area contributed by atoms with Crippen molar-refractivity contribution in [2.24, 2.45) is 5.92 Å². The highest BCUT2D eigenvalue weighted by molar-refractivity contribution is 5.73. The van der Waals surface area contributed by atoms with E-state index in [1.54, 1.807) is 6.07 Å². The quantitative estimate of drug-likeness (QED) is 0.785. The Morgan fingerprint density at radius 3 is 2.62 bits per heavy atom. The monoisotopic (exact) mass is 283 g/mol. The van der Waals surface area contributed by atoms with Crippen LogP contribution in [0.1, 0.15) is 25.0 Å². The summed E-state index contributed by atoms with van der Waals surface area (Å²) in [6.07, 6.45) is 3.02. The first-order chi connectivity index (χ1) is 10.3. The molecule has 1 aromatic carbocycles. The highest BCUT2D eigenvalue weighted by Gasteiger charge is 2.26. The van der Waals surface area contributed by atoms with Gasteiger partial charge in [-0.05, 0) is 31.0 Å². The van der Waals surface area contributed by atoms with Gasteiger partial charge in [0.15, 0.2) is 0 Å². The minimum absolute atomic E-state index is 0.0914. The van der Waals surface area contributed by atoms with Crippen LogP contribution in [0.3, 0.4) is 0 Å². The standard InChI is InChI=1S/C17H17NO3/c19-17(13-6-4-7-13)20-12-14-8-5-11-16(18-14)21-15-9-2-1-3-10-15/h1-3,5,8-11,13H,4,6-7,12H2. The van der Waals surface area contributed by atoms with E-state index in [9.17, 15) is 4.79 Å². The maximum atomic E-state index is 11.7. The maximum absolute atomic E-state index is 11.7. The van der Waals surface area contributed by atoms with Gasteiger partial charge in [-0.25, -0.2) is 4.98 Å². The molecule has 1 aliphatic rings. The van der Waals surface area contributed by atoms with Crippen molar-refractivity contribution >= 4 is 5.97 Å². The molecule has 3 rings (SSSR count). The van der Waals surface area contributed by atoms with Gasteiger partial charge in [-0.3, -0.25) is 4.79 Å². The Balaban J connectivity index is 1.59. The number of rotatable bonds is 5. The summed E-state index contributed by atoms with van der Waals surface area (Å²) in [7, 11) is 0. The van der Waals surface area contributed by atoms with Crippen LogP contribution >= 0.6 is 0 Å². The third kappa shape index (κ3) is 3.60. The lowest BCUT2D eigenvalue weighted by Crippen LogP contribution is -2.24. The van der Waals surface area contributed by atoms with Gasteiger partial charge >= 0.3 is 5.97 Å². The zero-order valence-electron chi connectivity index (χ0n) is 11.7. The molecule has 0 amide bonds. The summed E-state index contributed by atoms with van der Waals surface area (Å²) in [4.78, 5) is 16.0. The maximum Gasteiger partial charge on any atom is 0.309 e. The number of benzene rings is 1. The van der Waals surface area contributed by atoms with E-state index in [4.69, 9.17) is 9.47 Å². The number of carbonyl (C=O) groups excluding carboxylic acids is 1. The molecule has 0 bridgehead atoms. The molecule has 1 heterocycles. The summed E-state index contributed by atoms with van der Waals surface area (Å²) in [5, 5.41) is 0. The molecular weight excluding hydrogens is 266 g/mol. The van der Waals surface area contributed by atoms with Crippen LogP contribution in [0.5, 0.6) is 11.6 Å². The number of esters is 1. The molecule has 0 N–H and O–H groups in total. The Kier molecular flexibility index (Phi) is 4.15. The second-order valence-corrected chi connectivity index (χ2v) is 5.12. The molecule has 1 fully saturated rings. The predicted octanol–water partition coefficient (Wildman–Crippen LogP) is 3.72. The molecule has 4 nitrogen and oxygen atoms in total. The molecule has 108 valence electrons. The van der Waals surface area contributed by atoms with E-state index in [1.807, 2.05) is 42.5 Å². The number of pyridine rings is 1. The van der Waals surface area contributed by atoms with Crippen LogP contribution < -0.4 is 4.74 Å². The lowest BCUT2D eigenvalue weighted by molar-refractivity contribution is -0.152. The van der Waals surface area contributed by atoms with Gasteiger partial charge in [0, 0.05) is 6.07 Å². The van der Waals surface area contributed by atoms with Gasteiger partial charge in [-0.2, -0.15) is 0 Å². The van der Waals surface area contributed by atoms with Crippen LogP contribution in [0.4, 0.5) is 0 Å². The molecule has 1 aromatic heterocycles. The Morgan fingerprint density at radius 2 is 1.90 bits per heavy atom. The van der Waals surface area contributed by atoms with Crippen molar-refractivity contribution < 1.29 is 14.3 Å². The topological polar surface area (TPSA) is 48.4 Å². The second-order valence-electron chi connectivity index (χ2n) is 5.12. The molecule has 0 aliphatic heterocycles. The smallest absolute Gasteiger partial charge is 0.309 e. The van der Waals surface area contributed by atoms with E-state index < -0.39 is 0 Å². The molecule has 2 aromatic rings. The van der Waals surface area contributed by atoms with E-state index in [0.29, 0.717) is 11.6 Å². The SMILES string of the molecule is O=C(OCc1cccc(Oc2ccccc2)n1)C1CCC1. The van der Waals surface area contributed by atoms with E-state index in [0.717, 1.165) is 25.0 Å². The van der Waals surface area contributed by atoms with Crippen LogP contribution in [0, 0.1) is 5.92 Å². The normalized spacial score (nSPS) is 14.3. The van der Waals surface area contributed by atoms with Crippen LogP contribution in [0.25, 0.3) is 0 Å². The first kappa shape index (κ1) is 13.6. The average Bonchev–Trinajstić information content (AvgIpc) is 2.45. The van der Waals surface area contributed by atoms with Crippen molar-refractivity contribution in [2.75, 3.05) is 0 Å². The number of hydrogen-bond donors (Lipinski definition) is 0. The minimum Gasteiger partial charge on any atom is -0.459 e. The fourth-order valence-electron chi connectivity index (χ4n) is 2.11. The van der Waals surface area contributed by atoms with Crippen LogP contribution in [-0.2, 0) is 16.1 Å². The van der Waals surface area contributed by atoms with Crippen LogP contribution in [-0.4, -0.2) is 11.0 Å². The number of aromatic nitrogens is 1. The van der Waals surface area contributed by atoms with Crippen LogP contribution in [0.15, 0.2) is 48.5 Å².